The van der Waals surface area contributed by atoms with Crippen LogP contribution in [0.25, 0.3) is 11.3 Å². The van der Waals surface area contributed by atoms with Crippen LogP contribution in [0.15, 0.2) is 30.5 Å². The standard InChI is InChI=1S/C13H13FN2O3/c1-18-10-4-2-9(3-5-10)12-11(8-15-16-12)13(17)19-7-6-14/h2-5,8H,6-7H2,1H3,(H,15,16). The van der Waals surface area contributed by atoms with Gasteiger partial charge in [-0.1, -0.05) is 0 Å². The van der Waals surface area contributed by atoms with Crippen molar-refractivity contribution in [3.05, 3.63) is 36.0 Å². The Balaban J connectivity index is 2.25. The van der Waals surface area contributed by atoms with Gasteiger partial charge in [0.05, 0.1) is 19.0 Å². The lowest BCUT2D eigenvalue weighted by molar-refractivity contribution is 0.0482. The number of methoxy groups -OCH3 is 1. The molecule has 1 heterocycles. The molecule has 1 aromatic heterocycles. The average Bonchev–Trinajstić information content (AvgIpc) is 2.94. The number of aromatic amines is 1. The Labute approximate surface area is 109 Å². The SMILES string of the molecule is COc1ccc(-c2[nH]ncc2C(=O)OCCF)cc1. The van der Waals surface area contributed by atoms with Gasteiger partial charge in [0.1, 0.15) is 24.6 Å². The van der Waals surface area contributed by atoms with E-state index in [4.69, 9.17) is 9.47 Å². The van der Waals surface area contributed by atoms with Crippen LogP contribution < -0.4 is 4.74 Å². The summed E-state index contributed by atoms with van der Waals surface area (Å²) in [6, 6.07) is 7.12. The van der Waals surface area contributed by atoms with Gasteiger partial charge in [0, 0.05) is 5.56 Å². The zero-order chi connectivity index (χ0) is 13.7. The highest BCUT2D eigenvalue weighted by Gasteiger charge is 2.16. The third-order valence-electron chi connectivity index (χ3n) is 2.55. The van der Waals surface area contributed by atoms with Gasteiger partial charge in [-0.2, -0.15) is 5.10 Å². The first kappa shape index (κ1) is 13.1. The molecular weight excluding hydrogens is 251 g/mol. The van der Waals surface area contributed by atoms with Crippen molar-refractivity contribution in [2.75, 3.05) is 20.4 Å². The first-order chi connectivity index (χ1) is 9.26. The quantitative estimate of drug-likeness (QED) is 0.841. The molecule has 2 rings (SSSR count). The molecule has 0 aliphatic heterocycles. The number of ether oxygens (including phenoxy) is 2. The van der Waals surface area contributed by atoms with E-state index < -0.39 is 12.6 Å². The van der Waals surface area contributed by atoms with E-state index in [0.717, 1.165) is 5.56 Å². The summed E-state index contributed by atoms with van der Waals surface area (Å²) in [7, 11) is 1.57. The smallest absolute Gasteiger partial charge is 0.342 e. The van der Waals surface area contributed by atoms with Gasteiger partial charge in [0.25, 0.3) is 0 Å². The summed E-state index contributed by atoms with van der Waals surface area (Å²) in [6.45, 7) is -0.965. The van der Waals surface area contributed by atoms with Crippen molar-refractivity contribution in [1.29, 1.82) is 0 Å². The predicted octanol–water partition coefficient (Wildman–Crippen LogP) is 2.21. The van der Waals surface area contributed by atoms with Gasteiger partial charge in [-0.15, -0.1) is 0 Å². The first-order valence-electron chi connectivity index (χ1n) is 5.67. The van der Waals surface area contributed by atoms with Crippen molar-refractivity contribution in [1.82, 2.24) is 10.2 Å². The molecule has 0 spiro atoms. The van der Waals surface area contributed by atoms with Crippen LogP contribution in [-0.4, -0.2) is 36.6 Å². The number of H-pyrrole nitrogens is 1. The number of halogens is 1. The maximum absolute atomic E-state index is 12.0. The fourth-order valence-corrected chi connectivity index (χ4v) is 1.63. The second-order valence-corrected chi connectivity index (χ2v) is 3.71. The molecule has 0 unspecified atom stereocenters. The number of hydrogen-bond donors (Lipinski definition) is 1. The molecule has 0 saturated heterocycles. The minimum Gasteiger partial charge on any atom is -0.497 e. The van der Waals surface area contributed by atoms with E-state index in [0.29, 0.717) is 11.4 Å². The van der Waals surface area contributed by atoms with Crippen LogP contribution in [0.4, 0.5) is 4.39 Å². The third kappa shape index (κ3) is 2.90. The number of aromatic nitrogens is 2. The van der Waals surface area contributed by atoms with E-state index in [1.54, 1.807) is 31.4 Å². The number of esters is 1. The van der Waals surface area contributed by atoms with E-state index in [-0.39, 0.29) is 12.2 Å². The molecule has 0 aliphatic carbocycles. The number of alkyl halides is 1. The number of rotatable bonds is 5. The molecule has 0 radical (unpaired) electrons. The van der Waals surface area contributed by atoms with Crippen LogP contribution in [0.1, 0.15) is 10.4 Å². The summed E-state index contributed by atoms with van der Waals surface area (Å²) < 4.78 is 21.8. The normalized spacial score (nSPS) is 10.2. The number of carbonyl (C=O) groups is 1. The van der Waals surface area contributed by atoms with Gasteiger partial charge >= 0.3 is 5.97 Å². The van der Waals surface area contributed by atoms with Gasteiger partial charge in [0.2, 0.25) is 0 Å². The monoisotopic (exact) mass is 264 g/mol. The van der Waals surface area contributed by atoms with Crippen LogP contribution in [0.2, 0.25) is 0 Å². The van der Waals surface area contributed by atoms with Crippen molar-refractivity contribution in [3.8, 4) is 17.0 Å². The summed E-state index contributed by atoms with van der Waals surface area (Å²) >= 11 is 0. The predicted molar refractivity (Wildman–Crippen MR) is 66.8 cm³/mol. The molecule has 0 atom stereocenters. The van der Waals surface area contributed by atoms with E-state index in [1.165, 1.54) is 6.20 Å². The zero-order valence-corrected chi connectivity index (χ0v) is 10.4. The van der Waals surface area contributed by atoms with Crippen molar-refractivity contribution in [2.45, 2.75) is 0 Å². The van der Waals surface area contributed by atoms with Crippen LogP contribution >= 0.6 is 0 Å². The number of carbonyl (C=O) groups excluding carboxylic acids is 1. The number of hydrogen-bond acceptors (Lipinski definition) is 4. The summed E-state index contributed by atoms with van der Waals surface area (Å²) in [5, 5.41) is 6.55. The Morgan fingerprint density at radius 3 is 2.74 bits per heavy atom. The highest BCUT2D eigenvalue weighted by Crippen LogP contribution is 2.24. The minimum atomic E-state index is -0.707. The van der Waals surface area contributed by atoms with Crippen molar-refractivity contribution >= 4 is 5.97 Å². The van der Waals surface area contributed by atoms with E-state index in [2.05, 4.69) is 10.2 Å². The zero-order valence-electron chi connectivity index (χ0n) is 10.4. The summed E-state index contributed by atoms with van der Waals surface area (Å²) in [5.74, 6) is 0.113. The highest BCUT2D eigenvalue weighted by molar-refractivity contribution is 5.95. The fourth-order valence-electron chi connectivity index (χ4n) is 1.63. The molecular formula is C13H13FN2O3. The van der Waals surface area contributed by atoms with Gasteiger partial charge in [-0.05, 0) is 24.3 Å². The summed E-state index contributed by atoms with van der Waals surface area (Å²) in [4.78, 5) is 11.7. The Hall–Kier alpha value is -2.37. The molecule has 5 nitrogen and oxygen atoms in total. The van der Waals surface area contributed by atoms with Gasteiger partial charge in [-0.3, -0.25) is 5.10 Å². The Morgan fingerprint density at radius 1 is 1.37 bits per heavy atom. The average molecular weight is 264 g/mol. The van der Waals surface area contributed by atoms with Gasteiger partial charge in [0.15, 0.2) is 0 Å². The van der Waals surface area contributed by atoms with E-state index >= 15 is 0 Å². The highest BCUT2D eigenvalue weighted by atomic mass is 19.1. The van der Waals surface area contributed by atoms with Crippen molar-refractivity contribution < 1.29 is 18.7 Å². The molecule has 0 saturated carbocycles. The molecule has 0 amide bonds. The largest absolute Gasteiger partial charge is 0.497 e. The molecule has 0 aliphatic rings. The second-order valence-electron chi connectivity index (χ2n) is 3.71. The van der Waals surface area contributed by atoms with Crippen LogP contribution in [0, 0.1) is 0 Å². The summed E-state index contributed by atoms with van der Waals surface area (Å²) in [6.07, 6.45) is 1.36. The number of benzene rings is 1. The summed E-state index contributed by atoms with van der Waals surface area (Å²) in [5.41, 5.74) is 1.58. The van der Waals surface area contributed by atoms with Crippen LogP contribution in [0.3, 0.4) is 0 Å². The maximum atomic E-state index is 12.0. The lowest BCUT2D eigenvalue weighted by Crippen LogP contribution is -2.07. The fraction of sp³-hybridized carbons (Fsp3) is 0.231. The Kier molecular flexibility index (Phi) is 4.12. The molecule has 0 bridgehead atoms. The number of nitrogens with one attached hydrogen (secondary N) is 1. The Bertz CT molecular complexity index is 551. The first-order valence-corrected chi connectivity index (χ1v) is 5.67. The topological polar surface area (TPSA) is 64.2 Å². The second kappa shape index (κ2) is 5.99. The van der Waals surface area contributed by atoms with Crippen molar-refractivity contribution in [3.63, 3.8) is 0 Å². The molecule has 0 fully saturated rings. The van der Waals surface area contributed by atoms with Gasteiger partial charge < -0.3 is 9.47 Å². The third-order valence-corrected chi connectivity index (χ3v) is 2.55. The maximum Gasteiger partial charge on any atom is 0.342 e. The van der Waals surface area contributed by atoms with E-state index in [9.17, 15) is 9.18 Å². The van der Waals surface area contributed by atoms with Crippen LogP contribution in [0.5, 0.6) is 5.75 Å². The Morgan fingerprint density at radius 2 is 2.11 bits per heavy atom. The minimum absolute atomic E-state index is 0.258. The number of nitrogens with zero attached hydrogens (tertiary/aromatic N) is 1. The van der Waals surface area contributed by atoms with Crippen molar-refractivity contribution in [2.24, 2.45) is 0 Å². The molecule has 1 aromatic carbocycles. The van der Waals surface area contributed by atoms with E-state index in [1.807, 2.05) is 0 Å². The van der Waals surface area contributed by atoms with Crippen LogP contribution in [-0.2, 0) is 4.74 Å². The lowest BCUT2D eigenvalue weighted by Gasteiger charge is -2.04. The van der Waals surface area contributed by atoms with Gasteiger partial charge in [-0.25, -0.2) is 9.18 Å². The lowest BCUT2D eigenvalue weighted by atomic mass is 10.1. The molecule has 19 heavy (non-hydrogen) atoms. The molecule has 6 heteroatoms. The molecule has 100 valence electrons. The molecule has 2 aromatic rings. The molecule has 1 N–H and O–H groups in total.